The minimum Gasteiger partial charge on any atom is -0.493 e. The van der Waals surface area contributed by atoms with Gasteiger partial charge in [0.05, 0.1) is 42.9 Å². The molecule has 0 amide bonds. The fourth-order valence-corrected chi connectivity index (χ4v) is 4.24. The van der Waals surface area contributed by atoms with Crippen LogP contribution in [0.2, 0.25) is 0 Å². The van der Waals surface area contributed by atoms with Crippen molar-refractivity contribution < 1.29 is 32.5 Å². The maximum atomic E-state index is 13.7. The molecule has 0 saturated carbocycles. The lowest BCUT2D eigenvalue weighted by Gasteiger charge is -2.21. The SMILES string of the molecule is COc1ccc(CCN(C)c2nc3cc(C(=O)O)ccc3n2Cc2ccccc2C(F)(F)F)cc1OC. The molecule has 0 fully saturated rings. The van der Waals surface area contributed by atoms with Crippen LogP contribution in [0.25, 0.3) is 11.0 Å². The van der Waals surface area contributed by atoms with Crippen molar-refractivity contribution in [3.8, 4) is 11.5 Å². The highest BCUT2D eigenvalue weighted by Crippen LogP contribution is 2.34. The summed E-state index contributed by atoms with van der Waals surface area (Å²) < 4.78 is 53.4. The Kier molecular flexibility index (Phi) is 7.28. The van der Waals surface area contributed by atoms with Crippen molar-refractivity contribution in [3.63, 3.8) is 0 Å². The summed E-state index contributed by atoms with van der Waals surface area (Å²) in [5, 5.41) is 9.39. The van der Waals surface area contributed by atoms with Gasteiger partial charge in [-0.15, -0.1) is 0 Å². The van der Waals surface area contributed by atoms with Crippen LogP contribution in [-0.4, -0.2) is 48.4 Å². The topological polar surface area (TPSA) is 76.8 Å². The lowest BCUT2D eigenvalue weighted by atomic mass is 10.1. The van der Waals surface area contributed by atoms with Crippen LogP contribution in [-0.2, 0) is 19.1 Å². The number of imidazole rings is 1. The van der Waals surface area contributed by atoms with Gasteiger partial charge in [-0.2, -0.15) is 13.2 Å². The average Bonchev–Trinajstić information content (AvgIpc) is 3.24. The lowest BCUT2D eigenvalue weighted by Crippen LogP contribution is -2.24. The molecule has 4 rings (SSSR count). The van der Waals surface area contributed by atoms with E-state index in [1.54, 1.807) is 38.0 Å². The first-order valence-electron chi connectivity index (χ1n) is 11.4. The molecule has 0 spiro atoms. The van der Waals surface area contributed by atoms with Gasteiger partial charge in [-0.3, -0.25) is 0 Å². The summed E-state index contributed by atoms with van der Waals surface area (Å²) in [7, 11) is 4.91. The number of ether oxygens (including phenoxy) is 2. The number of fused-ring (bicyclic) bond motifs is 1. The molecule has 10 heteroatoms. The smallest absolute Gasteiger partial charge is 0.416 e. The van der Waals surface area contributed by atoms with Gasteiger partial charge in [-0.1, -0.05) is 24.3 Å². The second-order valence-electron chi connectivity index (χ2n) is 8.52. The van der Waals surface area contributed by atoms with Gasteiger partial charge in [-0.25, -0.2) is 9.78 Å². The number of carboxylic acid groups (broad SMARTS) is 1. The predicted octanol–water partition coefficient (Wildman–Crippen LogP) is 5.50. The maximum absolute atomic E-state index is 13.7. The maximum Gasteiger partial charge on any atom is 0.416 e. The normalized spacial score (nSPS) is 11.5. The minimum absolute atomic E-state index is 0.0485. The molecule has 37 heavy (non-hydrogen) atoms. The third kappa shape index (κ3) is 5.47. The van der Waals surface area contributed by atoms with Crippen molar-refractivity contribution in [1.82, 2.24) is 9.55 Å². The van der Waals surface area contributed by atoms with Crippen LogP contribution in [0.1, 0.15) is 27.0 Å². The van der Waals surface area contributed by atoms with Crippen LogP contribution in [0.4, 0.5) is 19.1 Å². The standard InChI is InChI=1S/C27H26F3N3O4/c1-32(13-12-17-8-11-23(36-2)24(14-17)37-3)26-31-21-15-18(25(34)35)9-10-22(21)33(26)16-19-6-4-5-7-20(19)27(28,29)30/h4-11,14-15H,12-13,16H2,1-3H3,(H,34,35). The largest absolute Gasteiger partial charge is 0.493 e. The number of hydrogen-bond donors (Lipinski definition) is 1. The molecule has 0 unspecified atom stereocenters. The molecule has 194 valence electrons. The highest BCUT2D eigenvalue weighted by molar-refractivity contribution is 5.93. The highest BCUT2D eigenvalue weighted by Gasteiger charge is 2.33. The zero-order valence-corrected chi connectivity index (χ0v) is 20.5. The lowest BCUT2D eigenvalue weighted by molar-refractivity contribution is -0.138. The predicted molar refractivity (Wildman–Crippen MR) is 134 cm³/mol. The van der Waals surface area contributed by atoms with E-state index in [4.69, 9.17) is 9.47 Å². The number of rotatable bonds is 9. The molecule has 0 radical (unpaired) electrons. The number of carboxylic acids is 1. The van der Waals surface area contributed by atoms with Crippen LogP contribution in [0, 0.1) is 0 Å². The van der Waals surface area contributed by atoms with Gasteiger partial charge in [0, 0.05) is 13.6 Å². The molecule has 0 aliphatic rings. The Morgan fingerprint density at radius 2 is 1.76 bits per heavy atom. The zero-order chi connectivity index (χ0) is 26.7. The van der Waals surface area contributed by atoms with E-state index in [9.17, 15) is 23.1 Å². The van der Waals surface area contributed by atoms with Gasteiger partial charge in [-0.05, 0) is 53.9 Å². The third-order valence-corrected chi connectivity index (χ3v) is 6.15. The van der Waals surface area contributed by atoms with Gasteiger partial charge >= 0.3 is 12.1 Å². The van der Waals surface area contributed by atoms with Crippen LogP contribution >= 0.6 is 0 Å². The fourth-order valence-electron chi connectivity index (χ4n) is 4.24. The number of likely N-dealkylation sites (N-methyl/N-ethyl adjacent to an activating group) is 1. The van der Waals surface area contributed by atoms with Crippen molar-refractivity contribution in [1.29, 1.82) is 0 Å². The second kappa shape index (κ2) is 10.4. The first-order chi connectivity index (χ1) is 17.6. The molecular formula is C27H26F3N3O4. The molecule has 4 aromatic rings. The van der Waals surface area contributed by atoms with Crippen molar-refractivity contribution in [2.75, 3.05) is 32.7 Å². The number of aromatic carboxylic acids is 1. The van der Waals surface area contributed by atoms with E-state index in [1.165, 1.54) is 24.3 Å². The number of halogens is 3. The van der Waals surface area contributed by atoms with Crippen molar-refractivity contribution in [2.45, 2.75) is 19.1 Å². The zero-order valence-electron chi connectivity index (χ0n) is 20.5. The van der Waals surface area contributed by atoms with E-state index in [0.29, 0.717) is 41.4 Å². The van der Waals surface area contributed by atoms with E-state index in [-0.39, 0.29) is 17.7 Å². The first-order valence-corrected chi connectivity index (χ1v) is 11.4. The van der Waals surface area contributed by atoms with E-state index >= 15 is 0 Å². The molecule has 0 atom stereocenters. The molecule has 0 aliphatic heterocycles. The summed E-state index contributed by atoms with van der Waals surface area (Å²) in [6, 6.07) is 15.4. The van der Waals surface area contributed by atoms with Crippen LogP contribution in [0.15, 0.2) is 60.7 Å². The monoisotopic (exact) mass is 513 g/mol. The first kappa shape index (κ1) is 25.9. The summed E-state index contributed by atoms with van der Waals surface area (Å²) >= 11 is 0. The van der Waals surface area contributed by atoms with Gasteiger partial charge in [0.25, 0.3) is 0 Å². The van der Waals surface area contributed by atoms with Gasteiger partial charge in [0.15, 0.2) is 11.5 Å². The Bertz CT molecular complexity index is 1430. The number of alkyl halides is 3. The van der Waals surface area contributed by atoms with Crippen LogP contribution < -0.4 is 14.4 Å². The number of nitrogens with zero attached hydrogens (tertiary/aromatic N) is 3. The molecule has 3 aromatic carbocycles. The summed E-state index contributed by atoms with van der Waals surface area (Å²) in [4.78, 5) is 17.9. The second-order valence-corrected chi connectivity index (χ2v) is 8.52. The van der Waals surface area contributed by atoms with E-state index in [2.05, 4.69) is 4.98 Å². The molecule has 0 aliphatic carbocycles. The average molecular weight is 514 g/mol. The molecular weight excluding hydrogens is 487 g/mol. The van der Waals surface area contributed by atoms with Crippen LogP contribution in [0.3, 0.4) is 0 Å². The van der Waals surface area contributed by atoms with Crippen molar-refractivity contribution >= 4 is 23.0 Å². The summed E-state index contributed by atoms with van der Waals surface area (Å²) in [5.74, 6) is 0.524. The molecule has 1 N–H and O–H groups in total. The number of aromatic nitrogens is 2. The van der Waals surface area contributed by atoms with Crippen LogP contribution in [0.5, 0.6) is 11.5 Å². The third-order valence-electron chi connectivity index (χ3n) is 6.15. The number of hydrogen-bond acceptors (Lipinski definition) is 5. The Balaban J connectivity index is 1.71. The van der Waals surface area contributed by atoms with Crippen molar-refractivity contribution in [2.24, 2.45) is 0 Å². The summed E-state index contributed by atoms with van der Waals surface area (Å²) in [6.45, 7) is 0.403. The minimum atomic E-state index is -4.51. The number of anilines is 1. The Morgan fingerprint density at radius 3 is 2.43 bits per heavy atom. The molecule has 0 saturated heterocycles. The number of carbonyl (C=O) groups is 1. The number of methoxy groups -OCH3 is 2. The molecule has 1 heterocycles. The Labute approximate surface area is 211 Å². The molecule has 0 bridgehead atoms. The molecule has 1 aromatic heterocycles. The van der Waals surface area contributed by atoms with Gasteiger partial charge in [0.1, 0.15) is 0 Å². The van der Waals surface area contributed by atoms with Gasteiger partial charge < -0.3 is 24.0 Å². The summed E-state index contributed by atoms with van der Waals surface area (Å²) in [6.07, 6.45) is -3.91. The quantitative estimate of drug-likeness (QED) is 0.319. The summed E-state index contributed by atoms with van der Waals surface area (Å²) in [5.41, 5.74) is 1.31. The molecule has 7 nitrogen and oxygen atoms in total. The van der Waals surface area contributed by atoms with E-state index < -0.39 is 17.7 Å². The Morgan fingerprint density at radius 1 is 1.03 bits per heavy atom. The number of benzene rings is 3. The fraction of sp³-hybridized carbons (Fsp3) is 0.259. The Hall–Kier alpha value is -4.21. The van der Waals surface area contributed by atoms with Crippen molar-refractivity contribution in [3.05, 3.63) is 82.9 Å². The van der Waals surface area contributed by atoms with E-state index in [0.717, 1.165) is 11.6 Å². The van der Waals surface area contributed by atoms with E-state index in [1.807, 2.05) is 23.1 Å². The highest BCUT2D eigenvalue weighted by atomic mass is 19.4. The van der Waals surface area contributed by atoms with Gasteiger partial charge in [0.2, 0.25) is 5.95 Å².